The first kappa shape index (κ1) is 103. The number of halogens is 6. The summed E-state index contributed by atoms with van der Waals surface area (Å²) in [6, 6.07) is 76.4. The van der Waals surface area contributed by atoms with Crippen LogP contribution in [0, 0.1) is 32.7 Å². The number of para-hydroxylation sites is 2. The number of benzene rings is 11. The van der Waals surface area contributed by atoms with Crippen molar-refractivity contribution >= 4 is 97.4 Å². The summed E-state index contributed by atoms with van der Waals surface area (Å²) in [5, 5.41) is 49.8. The summed E-state index contributed by atoms with van der Waals surface area (Å²) >= 11 is 1.96. The number of rotatable bonds is 23. The van der Waals surface area contributed by atoms with Crippen LogP contribution in [0.3, 0.4) is 0 Å². The third-order valence-electron chi connectivity index (χ3n) is 21.3. The van der Waals surface area contributed by atoms with E-state index in [1.807, 2.05) is 200 Å². The van der Waals surface area contributed by atoms with Gasteiger partial charge in [0.1, 0.15) is 72.7 Å². The van der Waals surface area contributed by atoms with Gasteiger partial charge in [0.2, 0.25) is 0 Å². The Morgan fingerprint density at radius 1 is 0.404 bits per heavy atom. The molecule has 0 saturated carbocycles. The first-order valence-electron chi connectivity index (χ1n) is 43.8. The van der Waals surface area contributed by atoms with Crippen LogP contribution in [0.4, 0.5) is 44.7 Å². The van der Waals surface area contributed by atoms with E-state index in [-0.39, 0.29) is 68.5 Å². The summed E-state index contributed by atoms with van der Waals surface area (Å²) in [5.74, 6) is -4.23. The fourth-order valence-electron chi connectivity index (χ4n) is 14.1. The molecule has 5 saturated heterocycles. The third kappa shape index (κ3) is 32.0. The van der Waals surface area contributed by atoms with Gasteiger partial charge in [0.25, 0.3) is 0 Å². The molecule has 11 aromatic carbocycles. The van der Waals surface area contributed by atoms with Gasteiger partial charge in [-0.15, -0.1) is 10.2 Å². The molecule has 3 atom stereocenters. The van der Waals surface area contributed by atoms with Crippen molar-refractivity contribution in [3.05, 3.63) is 351 Å². The minimum Gasteiger partial charge on any atom is -0.459 e. The third-order valence-corrected chi connectivity index (χ3v) is 22.2. The van der Waals surface area contributed by atoms with Crippen molar-refractivity contribution in [3.63, 3.8) is 0 Å². The lowest BCUT2D eigenvalue weighted by molar-refractivity contribution is -0.161. The Labute approximate surface area is 799 Å². The number of nitrogens with one attached hydrogen (secondary N) is 1. The zero-order valence-corrected chi connectivity index (χ0v) is 76.2. The highest BCUT2D eigenvalue weighted by Gasteiger charge is 2.30. The molecule has 5 aliphatic heterocycles. The summed E-state index contributed by atoms with van der Waals surface area (Å²) < 4.78 is 121. The number of morpholine rings is 5. The van der Waals surface area contributed by atoms with Crippen molar-refractivity contribution in [2.45, 2.75) is 58.6 Å². The van der Waals surface area contributed by atoms with Crippen molar-refractivity contribution < 1.29 is 99.1 Å². The van der Waals surface area contributed by atoms with Crippen molar-refractivity contribution in [1.82, 2.24) is 35.3 Å². The first-order chi connectivity index (χ1) is 65.8. The molecule has 0 unspecified atom stereocenters. The van der Waals surface area contributed by atoms with E-state index >= 15 is 0 Å². The molecule has 0 aliphatic carbocycles. The maximum absolute atomic E-state index is 14.5. The lowest BCUT2D eigenvalue weighted by atomic mass is 10.0. The highest BCUT2D eigenvalue weighted by molar-refractivity contribution is 14.1. The molecule has 0 amide bonds. The van der Waals surface area contributed by atoms with E-state index in [0.29, 0.717) is 161 Å². The molecule has 2 aromatic heterocycles. The molecule has 18 rings (SSSR count). The van der Waals surface area contributed by atoms with Crippen LogP contribution in [0.2, 0.25) is 0 Å². The molecular weight excluding hydrogens is 1870 g/mol. The van der Waals surface area contributed by atoms with Gasteiger partial charge in [0.05, 0.1) is 111 Å². The average Bonchev–Trinajstić information content (AvgIpc) is 1.63. The molecule has 7 heterocycles. The number of aromatic nitrogens is 6. The van der Waals surface area contributed by atoms with Crippen molar-refractivity contribution in [2.24, 2.45) is 0 Å². The predicted octanol–water partition coefficient (Wildman–Crippen LogP) is 15.2. The van der Waals surface area contributed by atoms with Gasteiger partial charge >= 0.3 is 23.9 Å². The monoisotopic (exact) mass is 1980 g/mol. The standard InChI is InChI=1S/C20H22FNO5.C20H22FNO4.C20H20FNO3.C16H15FN4O.C12H7FIN3.C10H10O2.C4H9NO.CH4/c21-16-12-15(6-7-17(16)22-8-10-26-11-9-22)18(23)19(24)20(25)27-13-14-4-2-1-3-5-14;21-17-12-16(6-7-18(17)22-8-10-25-11-9-22)13-19(23)20(24)26-14-15-4-2-1-3-5-15;21-18-14-16(6-8-19(18)22-10-12-24-13-11-22)7-9-20(23)25-15-17-4-2-1-3-5-17;17-13-11-12(5-6-15(13)20-7-9-22-10-8-20)21-16-4-2-1-3-14(16)18-19-21;13-9-7-8(5-6-10(9)14)17-12-4-2-1-3-11(12)15-16-17;1-2-10(11)12-8-9-6-4-3-5-7-9;1-3-6-4-2-5-1;/h1-7,12,18-19,23-24H,8-11,13H2;1-7,12,19,23H,8-11,13-14H2;1-9,14H,10-13,15H2;1-6,11H,7-10H2;1-7H;2-7H,1,8H2;5H,1-4H2;1H4/b;;9-7+;;;;;/t18-,19+;19-;;;;;;/m01....../s1. The van der Waals surface area contributed by atoms with Gasteiger partial charge in [-0.25, -0.2) is 50.5 Å². The quantitative estimate of drug-likeness (QED) is 0.0152. The van der Waals surface area contributed by atoms with Crippen LogP contribution in [0.25, 0.3) is 39.5 Å². The highest BCUT2D eigenvalue weighted by Crippen LogP contribution is 2.31. The van der Waals surface area contributed by atoms with Gasteiger partial charge in [-0.05, 0) is 153 Å². The normalized spacial score (nSPS) is 14.7. The molecule has 0 bridgehead atoms. The number of aliphatic hydroxyl groups is 3. The number of hydrogen-bond acceptors (Lipinski definition) is 25. The smallest absolute Gasteiger partial charge is 0.338 e. The van der Waals surface area contributed by atoms with Gasteiger partial charge in [-0.3, -0.25) is 0 Å². The number of nitrogens with zero attached hydrogens (tertiary/aromatic N) is 10. The lowest BCUT2D eigenvalue weighted by Crippen LogP contribution is -2.36. The maximum atomic E-state index is 14.5. The largest absolute Gasteiger partial charge is 0.459 e. The van der Waals surface area contributed by atoms with E-state index in [1.165, 1.54) is 42.5 Å². The Balaban J connectivity index is 0.000000156. The molecule has 136 heavy (non-hydrogen) atoms. The number of ether oxygens (including phenoxy) is 9. The zero-order chi connectivity index (χ0) is 94.9. The van der Waals surface area contributed by atoms with Crippen LogP contribution in [0.15, 0.2) is 280 Å². The minimum atomic E-state index is -1.80. The van der Waals surface area contributed by atoms with Gasteiger partial charge < -0.3 is 82.9 Å². The van der Waals surface area contributed by atoms with Crippen molar-refractivity contribution in [1.29, 1.82) is 0 Å². The van der Waals surface area contributed by atoms with E-state index in [9.17, 15) is 56.4 Å². The van der Waals surface area contributed by atoms with E-state index in [0.717, 1.165) is 82.8 Å². The van der Waals surface area contributed by atoms with Gasteiger partial charge in [0, 0.05) is 99.7 Å². The van der Waals surface area contributed by atoms with Crippen molar-refractivity contribution in [2.75, 3.05) is 151 Å². The van der Waals surface area contributed by atoms with Gasteiger partial charge in [0.15, 0.2) is 12.2 Å². The van der Waals surface area contributed by atoms with Crippen LogP contribution in [-0.4, -0.2) is 213 Å². The predicted molar refractivity (Wildman–Crippen MR) is 517 cm³/mol. The molecule has 4 N–H and O–H groups in total. The van der Waals surface area contributed by atoms with Crippen LogP contribution in [0.5, 0.6) is 0 Å². The molecular formula is C103H109F5IN11O16. The number of carbonyl (C=O) groups excluding carboxylic acids is 4. The average molecular weight is 1980 g/mol. The fraction of sp³-hybridized carbons (Fsp3) is 0.282. The fourth-order valence-corrected chi connectivity index (χ4v) is 14.5. The summed E-state index contributed by atoms with van der Waals surface area (Å²) in [7, 11) is 0. The Bertz CT molecular complexity index is 5920. The van der Waals surface area contributed by atoms with Gasteiger partial charge in [-0.1, -0.05) is 188 Å². The van der Waals surface area contributed by atoms with Crippen LogP contribution in [0.1, 0.15) is 52.5 Å². The second kappa shape index (κ2) is 55.0. The minimum absolute atomic E-state index is 0. The molecule has 27 nitrogen and oxygen atoms in total. The number of aliphatic hydroxyl groups excluding tert-OH is 3. The summed E-state index contributed by atoms with van der Waals surface area (Å²) in [4.78, 5) is 54.1. The van der Waals surface area contributed by atoms with E-state index in [1.54, 1.807) is 76.1 Å². The zero-order valence-electron chi connectivity index (χ0n) is 74.1. The summed E-state index contributed by atoms with van der Waals surface area (Å²) in [5.41, 5.74) is 11.5. The molecule has 0 spiro atoms. The van der Waals surface area contributed by atoms with E-state index in [2.05, 4.69) is 32.5 Å². The van der Waals surface area contributed by atoms with E-state index < -0.39 is 42.0 Å². The van der Waals surface area contributed by atoms with Crippen LogP contribution < -0.4 is 24.9 Å². The number of esters is 4. The Morgan fingerprint density at radius 2 is 0.772 bits per heavy atom. The molecule has 5 aliphatic rings. The number of carbonyl (C=O) groups is 4. The van der Waals surface area contributed by atoms with Gasteiger partial charge in [-0.2, -0.15) is 0 Å². The summed E-state index contributed by atoms with van der Waals surface area (Å²) in [6.07, 6.45) is -0.682. The number of fused-ring (bicyclic) bond motifs is 2. The SMILES string of the molecule is C.C1COCCN1.C=CC(=O)OCc1ccccc1.Fc1cc(-n2nnc3ccccc32)ccc1I.Fc1cc(-n2nnc3ccccc32)ccc1N1CCOCC1.O=C(/C=C/c1ccc(N2CCOCC2)c(F)c1)OCc1ccccc1.O=C(OCc1ccccc1)[C@H](O)Cc1ccc(N2CCOCC2)c(F)c1.O=C(OCc1ccccc1)[C@H](O)[C@@H](O)c1ccc(N2CCOCC2)c(F)c1. The lowest BCUT2D eigenvalue weighted by Gasteiger charge is -2.29. The van der Waals surface area contributed by atoms with Crippen molar-refractivity contribution in [3.8, 4) is 11.4 Å². The Hall–Kier alpha value is -13.2. The second-order valence-corrected chi connectivity index (χ2v) is 31.9. The van der Waals surface area contributed by atoms with E-state index in [4.69, 9.17) is 42.6 Å². The maximum Gasteiger partial charge on any atom is 0.338 e. The topological polar surface area (TPSA) is 298 Å². The van der Waals surface area contributed by atoms with Crippen LogP contribution in [-0.2, 0) is 94.7 Å². The Morgan fingerprint density at radius 3 is 1.18 bits per heavy atom. The summed E-state index contributed by atoms with van der Waals surface area (Å²) in [6.45, 7) is 17.6. The second-order valence-electron chi connectivity index (χ2n) is 30.7. The first-order valence-corrected chi connectivity index (χ1v) is 44.9. The number of anilines is 4. The molecule has 13 aromatic rings. The number of hydrogen-bond donors (Lipinski definition) is 4. The highest BCUT2D eigenvalue weighted by atomic mass is 127. The molecule has 0 radical (unpaired) electrons. The Kier molecular flexibility index (Phi) is 41.8. The molecule has 5 fully saturated rings. The molecule has 714 valence electrons. The molecule has 33 heteroatoms. The van der Waals surface area contributed by atoms with Crippen LogP contribution >= 0.6 is 22.6 Å².